The molecule has 16 heavy (non-hydrogen) atoms. The fourth-order valence-corrected chi connectivity index (χ4v) is 1.79. The molecule has 0 spiro atoms. The number of pyridine rings is 1. The van der Waals surface area contributed by atoms with Crippen molar-refractivity contribution in [3.63, 3.8) is 0 Å². The number of hydrogen-bond donors (Lipinski definition) is 0. The predicted molar refractivity (Wildman–Crippen MR) is 63.9 cm³/mol. The molecule has 0 unspecified atom stereocenters. The average molecular weight is 208 g/mol. The van der Waals surface area contributed by atoms with Crippen LogP contribution in [0.5, 0.6) is 0 Å². The molecule has 0 saturated heterocycles. The van der Waals surface area contributed by atoms with Crippen molar-refractivity contribution in [2.24, 2.45) is 0 Å². The van der Waals surface area contributed by atoms with Crippen LogP contribution in [-0.2, 0) is 0 Å². The number of aryl methyl sites for hydroxylation is 2. The third-order valence-corrected chi connectivity index (χ3v) is 2.56. The highest BCUT2D eigenvalue weighted by Gasteiger charge is 2.07. The van der Waals surface area contributed by atoms with E-state index in [2.05, 4.69) is 11.1 Å². The van der Waals surface area contributed by atoms with Gasteiger partial charge in [-0.05, 0) is 26.0 Å². The van der Waals surface area contributed by atoms with Gasteiger partial charge in [-0.2, -0.15) is 5.26 Å². The predicted octanol–water partition coefficient (Wildman–Crippen LogP) is 3.24. The van der Waals surface area contributed by atoms with Crippen molar-refractivity contribution in [2.45, 2.75) is 13.8 Å². The first-order chi connectivity index (χ1) is 7.72. The molecule has 78 valence electrons. The smallest absolute Gasteiger partial charge is 0.0998 e. The molecule has 0 fully saturated rings. The van der Waals surface area contributed by atoms with E-state index in [1.54, 1.807) is 0 Å². The number of rotatable bonds is 1. The molecule has 0 atom stereocenters. The third kappa shape index (κ3) is 1.80. The lowest BCUT2D eigenvalue weighted by Crippen LogP contribution is -1.92. The van der Waals surface area contributed by atoms with Gasteiger partial charge in [-0.15, -0.1) is 0 Å². The zero-order valence-corrected chi connectivity index (χ0v) is 9.36. The zero-order chi connectivity index (χ0) is 11.5. The second-order valence-electron chi connectivity index (χ2n) is 3.74. The summed E-state index contributed by atoms with van der Waals surface area (Å²) in [6, 6.07) is 13.8. The normalized spacial score (nSPS) is 9.81. The molecular weight excluding hydrogens is 196 g/mol. The minimum absolute atomic E-state index is 0.691. The Morgan fingerprint density at radius 1 is 1.00 bits per heavy atom. The standard InChI is InChI=1S/C14H12N2/c1-10-7-8-13(11(2)16-10)14-6-4-3-5-12(14)9-15/h3-8H,1-2H3. The van der Waals surface area contributed by atoms with Gasteiger partial charge < -0.3 is 0 Å². The second kappa shape index (κ2) is 4.16. The fourth-order valence-electron chi connectivity index (χ4n) is 1.79. The highest BCUT2D eigenvalue weighted by atomic mass is 14.7. The molecule has 2 aromatic rings. The minimum Gasteiger partial charge on any atom is -0.258 e. The maximum Gasteiger partial charge on any atom is 0.0998 e. The number of hydrogen-bond acceptors (Lipinski definition) is 2. The first-order valence-electron chi connectivity index (χ1n) is 5.16. The Balaban J connectivity index is 2.64. The van der Waals surface area contributed by atoms with E-state index in [1.165, 1.54) is 0 Å². The minimum atomic E-state index is 0.691. The van der Waals surface area contributed by atoms with Crippen molar-refractivity contribution < 1.29 is 0 Å². The molecule has 2 nitrogen and oxygen atoms in total. The summed E-state index contributed by atoms with van der Waals surface area (Å²) in [6.07, 6.45) is 0. The van der Waals surface area contributed by atoms with Crippen molar-refractivity contribution in [3.05, 3.63) is 53.3 Å². The third-order valence-electron chi connectivity index (χ3n) is 2.56. The Bertz CT molecular complexity index is 565. The molecule has 0 bridgehead atoms. The van der Waals surface area contributed by atoms with Crippen LogP contribution in [0.15, 0.2) is 36.4 Å². The van der Waals surface area contributed by atoms with Crippen LogP contribution in [0.3, 0.4) is 0 Å². The molecular formula is C14H12N2. The molecule has 1 heterocycles. The maximum absolute atomic E-state index is 9.05. The van der Waals surface area contributed by atoms with E-state index in [0.717, 1.165) is 22.5 Å². The van der Waals surface area contributed by atoms with Crippen LogP contribution < -0.4 is 0 Å². The van der Waals surface area contributed by atoms with Gasteiger partial charge in [-0.25, -0.2) is 0 Å². The first-order valence-corrected chi connectivity index (χ1v) is 5.16. The lowest BCUT2D eigenvalue weighted by Gasteiger charge is -2.07. The van der Waals surface area contributed by atoms with Crippen LogP contribution in [-0.4, -0.2) is 4.98 Å². The molecule has 0 aliphatic carbocycles. The van der Waals surface area contributed by atoms with Crippen molar-refractivity contribution in [2.75, 3.05) is 0 Å². The number of benzene rings is 1. The lowest BCUT2D eigenvalue weighted by molar-refractivity contribution is 1.12. The van der Waals surface area contributed by atoms with E-state index in [1.807, 2.05) is 50.2 Å². The lowest BCUT2D eigenvalue weighted by atomic mass is 9.99. The SMILES string of the molecule is Cc1ccc(-c2ccccc2C#N)c(C)n1. The van der Waals surface area contributed by atoms with Crippen LogP contribution >= 0.6 is 0 Å². The molecule has 0 aliphatic heterocycles. The van der Waals surface area contributed by atoms with Gasteiger partial charge in [0.1, 0.15) is 0 Å². The van der Waals surface area contributed by atoms with Crippen LogP contribution in [0.1, 0.15) is 17.0 Å². The Hall–Kier alpha value is -2.14. The summed E-state index contributed by atoms with van der Waals surface area (Å²) >= 11 is 0. The van der Waals surface area contributed by atoms with Crippen molar-refractivity contribution in [1.82, 2.24) is 4.98 Å². The molecule has 1 aromatic heterocycles. The highest BCUT2D eigenvalue weighted by molar-refractivity contribution is 5.72. The van der Waals surface area contributed by atoms with Crippen LogP contribution in [0, 0.1) is 25.2 Å². The maximum atomic E-state index is 9.05. The van der Waals surface area contributed by atoms with Gasteiger partial charge in [0.15, 0.2) is 0 Å². The van der Waals surface area contributed by atoms with Crippen LogP contribution in [0.2, 0.25) is 0 Å². The van der Waals surface area contributed by atoms with Crippen LogP contribution in [0.25, 0.3) is 11.1 Å². The summed E-state index contributed by atoms with van der Waals surface area (Å²) in [7, 11) is 0. The zero-order valence-electron chi connectivity index (χ0n) is 9.36. The van der Waals surface area contributed by atoms with Crippen LogP contribution in [0.4, 0.5) is 0 Å². The van der Waals surface area contributed by atoms with E-state index >= 15 is 0 Å². The Kier molecular flexibility index (Phi) is 2.70. The Morgan fingerprint density at radius 2 is 1.75 bits per heavy atom. The molecule has 1 aromatic carbocycles. The van der Waals surface area contributed by atoms with E-state index in [-0.39, 0.29) is 0 Å². The Labute approximate surface area is 95.2 Å². The van der Waals surface area contributed by atoms with Gasteiger partial charge >= 0.3 is 0 Å². The van der Waals surface area contributed by atoms with Gasteiger partial charge in [-0.1, -0.05) is 24.3 Å². The van der Waals surface area contributed by atoms with E-state index < -0.39 is 0 Å². The quantitative estimate of drug-likeness (QED) is 0.721. The number of aromatic nitrogens is 1. The monoisotopic (exact) mass is 208 g/mol. The van der Waals surface area contributed by atoms with Gasteiger partial charge in [0.05, 0.1) is 11.6 Å². The number of nitriles is 1. The van der Waals surface area contributed by atoms with E-state index in [9.17, 15) is 0 Å². The summed E-state index contributed by atoms with van der Waals surface area (Å²) < 4.78 is 0. The van der Waals surface area contributed by atoms with E-state index in [0.29, 0.717) is 5.56 Å². The molecule has 0 amide bonds. The summed E-state index contributed by atoms with van der Waals surface area (Å²) in [5, 5.41) is 9.05. The second-order valence-corrected chi connectivity index (χ2v) is 3.74. The summed E-state index contributed by atoms with van der Waals surface area (Å²) in [5.74, 6) is 0. The molecule has 2 rings (SSSR count). The summed E-state index contributed by atoms with van der Waals surface area (Å²) in [5.41, 5.74) is 4.63. The topological polar surface area (TPSA) is 36.7 Å². The highest BCUT2D eigenvalue weighted by Crippen LogP contribution is 2.25. The van der Waals surface area contributed by atoms with Gasteiger partial charge in [-0.3, -0.25) is 4.98 Å². The largest absolute Gasteiger partial charge is 0.258 e. The van der Waals surface area contributed by atoms with Gasteiger partial charge in [0.25, 0.3) is 0 Å². The summed E-state index contributed by atoms with van der Waals surface area (Å²) in [6.45, 7) is 3.93. The number of nitrogens with zero attached hydrogens (tertiary/aromatic N) is 2. The molecule has 0 radical (unpaired) electrons. The van der Waals surface area contributed by atoms with Crippen molar-refractivity contribution in [1.29, 1.82) is 5.26 Å². The Morgan fingerprint density at radius 3 is 2.44 bits per heavy atom. The summed E-state index contributed by atoms with van der Waals surface area (Å²) in [4.78, 5) is 4.42. The molecule has 2 heteroatoms. The van der Waals surface area contributed by atoms with Gasteiger partial charge in [0.2, 0.25) is 0 Å². The first kappa shape index (κ1) is 10.4. The van der Waals surface area contributed by atoms with Crippen molar-refractivity contribution >= 4 is 0 Å². The fraction of sp³-hybridized carbons (Fsp3) is 0.143. The molecule has 0 saturated carbocycles. The average Bonchev–Trinajstić information content (AvgIpc) is 2.29. The molecule has 0 N–H and O–H groups in total. The molecule has 0 aliphatic rings. The van der Waals surface area contributed by atoms with Gasteiger partial charge in [0, 0.05) is 22.5 Å². The van der Waals surface area contributed by atoms with E-state index in [4.69, 9.17) is 5.26 Å². The van der Waals surface area contributed by atoms with Crippen molar-refractivity contribution in [3.8, 4) is 17.2 Å².